The van der Waals surface area contributed by atoms with Gasteiger partial charge in [0.15, 0.2) is 5.11 Å². The van der Waals surface area contributed by atoms with Gasteiger partial charge in [-0.1, -0.05) is 17.7 Å². The highest BCUT2D eigenvalue weighted by molar-refractivity contribution is 7.80. The summed E-state index contributed by atoms with van der Waals surface area (Å²) in [4.78, 5) is 2.22. The van der Waals surface area contributed by atoms with Crippen LogP contribution >= 0.6 is 12.2 Å². The van der Waals surface area contributed by atoms with Crippen molar-refractivity contribution in [2.24, 2.45) is 0 Å². The lowest BCUT2D eigenvalue weighted by Gasteiger charge is -2.31. The molecule has 3 heteroatoms. The Morgan fingerprint density at radius 2 is 2.31 bits per heavy atom. The highest BCUT2D eigenvalue weighted by Crippen LogP contribution is 2.27. The first-order valence-corrected chi connectivity index (χ1v) is 6.28. The Bertz CT molecular complexity index is 401. The molecule has 0 atom stereocenters. The molecule has 16 heavy (non-hydrogen) atoms. The van der Waals surface area contributed by atoms with Crippen LogP contribution in [0.15, 0.2) is 18.2 Å². The maximum Gasteiger partial charge on any atom is 0.173 e. The van der Waals surface area contributed by atoms with Crippen LogP contribution in [0.5, 0.6) is 0 Å². The van der Waals surface area contributed by atoms with E-state index in [0.717, 1.165) is 18.2 Å². The van der Waals surface area contributed by atoms with Crippen molar-refractivity contribution >= 4 is 23.0 Å². The molecule has 86 valence electrons. The Hall–Kier alpha value is -1.09. The molecule has 0 spiro atoms. The number of aryl methyl sites for hydroxylation is 2. The first kappa shape index (κ1) is 11.4. The minimum Gasteiger partial charge on any atom is -0.363 e. The van der Waals surface area contributed by atoms with Gasteiger partial charge in [-0.15, -0.1) is 0 Å². The van der Waals surface area contributed by atoms with E-state index in [2.05, 4.69) is 42.3 Å². The highest BCUT2D eigenvalue weighted by atomic mass is 32.1. The molecule has 0 unspecified atom stereocenters. The van der Waals surface area contributed by atoms with Crippen LogP contribution in [0, 0.1) is 6.92 Å². The maximum absolute atomic E-state index is 5.40. The molecule has 1 aliphatic rings. The van der Waals surface area contributed by atoms with Crippen LogP contribution in [-0.4, -0.2) is 18.2 Å². The van der Waals surface area contributed by atoms with Crippen LogP contribution in [0.4, 0.5) is 5.69 Å². The predicted octanol–water partition coefficient (Wildman–Crippen LogP) is 2.64. The number of hydrogen-bond donors (Lipinski definition) is 1. The summed E-state index contributed by atoms with van der Waals surface area (Å²) in [6.07, 6.45) is 2.35. The average Bonchev–Trinajstić information content (AvgIpc) is 2.28. The van der Waals surface area contributed by atoms with E-state index in [1.807, 2.05) is 0 Å². The van der Waals surface area contributed by atoms with Gasteiger partial charge in [-0.05, 0) is 50.5 Å². The number of nitrogens with zero attached hydrogens (tertiary/aromatic N) is 1. The summed E-state index contributed by atoms with van der Waals surface area (Å²) in [5.74, 6) is 0. The van der Waals surface area contributed by atoms with Crippen molar-refractivity contribution in [2.75, 3.05) is 18.0 Å². The molecule has 0 saturated heterocycles. The number of nitrogens with one attached hydrogen (secondary N) is 1. The van der Waals surface area contributed by atoms with Crippen molar-refractivity contribution in [2.45, 2.75) is 26.7 Å². The molecule has 1 heterocycles. The van der Waals surface area contributed by atoms with Crippen molar-refractivity contribution in [1.29, 1.82) is 0 Å². The van der Waals surface area contributed by atoms with Crippen LogP contribution in [-0.2, 0) is 6.42 Å². The van der Waals surface area contributed by atoms with Gasteiger partial charge in [0.05, 0.1) is 0 Å². The van der Waals surface area contributed by atoms with Gasteiger partial charge in [0.1, 0.15) is 0 Å². The third-order valence-corrected chi connectivity index (χ3v) is 3.29. The molecule has 2 rings (SSSR count). The largest absolute Gasteiger partial charge is 0.363 e. The van der Waals surface area contributed by atoms with Gasteiger partial charge in [-0.3, -0.25) is 0 Å². The van der Waals surface area contributed by atoms with Crippen LogP contribution in [0.1, 0.15) is 24.5 Å². The van der Waals surface area contributed by atoms with Crippen molar-refractivity contribution in [3.8, 4) is 0 Å². The van der Waals surface area contributed by atoms with E-state index < -0.39 is 0 Å². The lowest BCUT2D eigenvalue weighted by Crippen LogP contribution is -2.42. The standard InChI is InChI=1S/C13H18N2S/c1-3-14-13(16)15-8-4-5-11-9-10(2)6-7-12(11)15/h6-7,9H,3-5,8H2,1-2H3,(H,14,16). The fourth-order valence-electron chi connectivity index (χ4n) is 2.18. The summed E-state index contributed by atoms with van der Waals surface area (Å²) in [6.45, 7) is 6.13. The molecule has 0 aliphatic carbocycles. The molecule has 1 aliphatic heterocycles. The molecular formula is C13H18N2S. The van der Waals surface area contributed by atoms with Gasteiger partial charge in [-0.25, -0.2) is 0 Å². The molecule has 1 aromatic rings. The number of thiocarbonyl (C=S) groups is 1. The minimum atomic E-state index is 0.854. The van der Waals surface area contributed by atoms with Crippen LogP contribution in [0.3, 0.4) is 0 Å². The van der Waals surface area contributed by atoms with E-state index in [0.29, 0.717) is 0 Å². The molecule has 0 bridgehead atoms. The predicted molar refractivity (Wildman–Crippen MR) is 73.1 cm³/mol. The zero-order valence-corrected chi connectivity index (χ0v) is 10.7. The minimum absolute atomic E-state index is 0.854. The second-order valence-electron chi connectivity index (χ2n) is 4.22. The summed E-state index contributed by atoms with van der Waals surface area (Å²) >= 11 is 5.40. The monoisotopic (exact) mass is 234 g/mol. The Balaban J connectivity index is 2.29. The molecule has 0 saturated carbocycles. The van der Waals surface area contributed by atoms with E-state index in [4.69, 9.17) is 12.2 Å². The van der Waals surface area contributed by atoms with Crippen molar-refractivity contribution in [1.82, 2.24) is 5.32 Å². The van der Waals surface area contributed by atoms with Gasteiger partial charge in [0, 0.05) is 18.8 Å². The number of hydrogen-bond acceptors (Lipinski definition) is 1. The first-order valence-electron chi connectivity index (χ1n) is 5.87. The number of rotatable bonds is 1. The first-order chi connectivity index (χ1) is 7.72. The Morgan fingerprint density at radius 3 is 3.06 bits per heavy atom. The fraction of sp³-hybridized carbons (Fsp3) is 0.462. The van der Waals surface area contributed by atoms with E-state index in [1.165, 1.54) is 29.7 Å². The van der Waals surface area contributed by atoms with E-state index in [-0.39, 0.29) is 0 Å². The Morgan fingerprint density at radius 1 is 1.50 bits per heavy atom. The van der Waals surface area contributed by atoms with Gasteiger partial charge in [0.2, 0.25) is 0 Å². The van der Waals surface area contributed by atoms with Crippen molar-refractivity contribution in [3.05, 3.63) is 29.3 Å². The maximum atomic E-state index is 5.40. The second kappa shape index (κ2) is 4.83. The molecule has 2 nitrogen and oxygen atoms in total. The normalized spacial score (nSPS) is 14.5. The van der Waals surface area contributed by atoms with E-state index >= 15 is 0 Å². The fourth-order valence-corrected chi connectivity index (χ4v) is 2.52. The molecule has 0 radical (unpaired) electrons. The van der Waals surface area contributed by atoms with E-state index in [9.17, 15) is 0 Å². The topological polar surface area (TPSA) is 15.3 Å². The van der Waals surface area contributed by atoms with Crippen LogP contribution < -0.4 is 10.2 Å². The third kappa shape index (κ3) is 2.19. The van der Waals surface area contributed by atoms with Gasteiger partial charge < -0.3 is 10.2 Å². The van der Waals surface area contributed by atoms with Crippen molar-refractivity contribution < 1.29 is 0 Å². The molecule has 0 aromatic heterocycles. The zero-order valence-electron chi connectivity index (χ0n) is 9.92. The van der Waals surface area contributed by atoms with Crippen molar-refractivity contribution in [3.63, 3.8) is 0 Å². The van der Waals surface area contributed by atoms with Crippen LogP contribution in [0.2, 0.25) is 0 Å². The summed E-state index contributed by atoms with van der Waals surface area (Å²) in [5, 5.41) is 4.08. The quantitative estimate of drug-likeness (QED) is 0.752. The Kier molecular flexibility index (Phi) is 3.44. The molecule has 0 fully saturated rings. The molecule has 0 amide bonds. The summed E-state index contributed by atoms with van der Waals surface area (Å²) in [7, 11) is 0. The lowest BCUT2D eigenvalue weighted by atomic mass is 10.00. The summed E-state index contributed by atoms with van der Waals surface area (Å²) in [5.41, 5.74) is 4.03. The highest BCUT2D eigenvalue weighted by Gasteiger charge is 2.19. The summed E-state index contributed by atoms with van der Waals surface area (Å²) < 4.78 is 0. The van der Waals surface area contributed by atoms with Gasteiger partial charge >= 0.3 is 0 Å². The second-order valence-corrected chi connectivity index (χ2v) is 4.61. The smallest absolute Gasteiger partial charge is 0.173 e. The number of benzene rings is 1. The van der Waals surface area contributed by atoms with Crippen LogP contribution in [0.25, 0.3) is 0 Å². The van der Waals surface area contributed by atoms with Gasteiger partial charge in [0.25, 0.3) is 0 Å². The Labute approximate surface area is 103 Å². The van der Waals surface area contributed by atoms with Gasteiger partial charge in [-0.2, -0.15) is 0 Å². The lowest BCUT2D eigenvalue weighted by molar-refractivity contribution is 0.766. The molecule has 1 aromatic carbocycles. The number of anilines is 1. The van der Waals surface area contributed by atoms with E-state index in [1.54, 1.807) is 0 Å². The molecular weight excluding hydrogens is 216 g/mol. The summed E-state index contributed by atoms with van der Waals surface area (Å²) in [6, 6.07) is 6.62. The third-order valence-electron chi connectivity index (χ3n) is 2.93. The molecule has 1 N–H and O–H groups in total. The number of fused-ring (bicyclic) bond motifs is 1. The average molecular weight is 234 g/mol. The zero-order chi connectivity index (χ0) is 11.5. The SMILES string of the molecule is CCNC(=S)N1CCCc2cc(C)ccc21.